The predicted molar refractivity (Wildman–Crippen MR) is 92.8 cm³/mol. The van der Waals surface area contributed by atoms with Gasteiger partial charge in [-0.05, 0) is 31.2 Å². The van der Waals surface area contributed by atoms with Crippen LogP contribution in [0.1, 0.15) is 32.3 Å². The van der Waals surface area contributed by atoms with Crippen molar-refractivity contribution in [3.63, 3.8) is 0 Å². The van der Waals surface area contributed by atoms with Gasteiger partial charge in [-0.15, -0.1) is 11.8 Å². The molecule has 4 nitrogen and oxygen atoms in total. The Labute approximate surface area is 132 Å². The molecule has 0 aliphatic rings. The Morgan fingerprint density at radius 1 is 1.38 bits per heavy atom. The topological polar surface area (TPSA) is 62.3 Å². The van der Waals surface area contributed by atoms with E-state index < -0.39 is 0 Å². The first kappa shape index (κ1) is 17.9. The maximum Gasteiger partial charge on any atom is 0.126 e. The Bertz CT molecular complexity index is 461. The van der Waals surface area contributed by atoms with E-state index in [1.165, 1.54) is 0 Å². The number of nitrogens with two attached hydrogens (primary N) is 1. The third-order valence-electron chi connectivity index (χ3n) is 3.72. The Morgan fingerprint density at radius 2 is 2.05 bits per heavy atom. The van der Waals surface area contributed by atoms with Crippen LogP contribution in [0, 0.1) is 5.41 Å². The van der Waals surface area contributed by atoms with Crippen molar-refractivity contribution in [2.45, 2.75) is 37.6 Å². The molecule has 0 radical (unpaired) electrons. The zero-order valence-corrected chi connectivity index (χ0v) is 14.3. The number of hydrogen-bond donors (Lipinski definition) is 2. The summed E-state index contributed by atoms with van der Waals surface area (Å²) < 4.78 is 5.26. The van der Waals surface area contributed by atoms with Gasteiger partial charge < -0.3 is 15.4 Å². The number of anilines is 1. The summed E-state index contributed by atoms with van der Waals surface area (Å²) in [5, 5.41) is 7.95. The Hall–Kier alpha value is -1.20. The molecule has 0 bridgehead atoms. The Kier molecular flexibility index (Phi) is 7.61. The van der Waals surface area contributed by atoms with Gasteiger partial charge in [-0.3, -0.25) is 5.41 Å². The molecule has 0 unspecified atom stereocenters. The summed E-state index contributed by atoms with van der Waals surface area (Å²) in [6.07, 6.45) is 4.13. The molecule has 1 aromatic rings. The van der Waals surface area contributed by atoms with Crippen LogP contribution in [0.3, 0.4) is 0 Å². The van der Waals surface area contributed by atoms with Crippen LogP contribution < -0.4 is 10.6 Å². The zero-order chi connectivity index (χ0) is 15.8. The summed E-state index contributed by atoms with van der Waals surface area (Å²) in [4.78, 5) is 3.38. The lowest BCUT2D eigenvalue weighted by molar-refractivity contribution is 0.202. The van der Waals surface area contributed by atoms with E-state index in [-0.39, 0.29) is 5.84 Å². The molecule has 0 spiro atoms. The minimum atomic E-state index is 0.128. The second-order valence-electron chi connectivity index (χ2n) is 4.92. The third-order valence-corrected chi connectivity index (χ3v) is 4.50. The molecule has 0 fully saturated rings. The van der Waals surface area contributed by atoms with Crippen LogP contribution in [-0.2, 0) is 4.74 Å². The molecule has 0 heterocycles. The van der Waals surface area contributed by atoms with Gasteiger partial charge in [0.05, 0.1) is 12.2 Å². The number of thioether (sulfide) groups is 1. The normalized spacial score (nSPS) is 10.9. The van der Waals surface area contributed by atoms with Gasteiger partial charge in [0.25, 0.3) is 0 Å². The number of hydrogen-bond acceptors (Lipinski definition) is 4. The first-order valence-corrected chi connectivity index (χ1v) is 8.60. The van der Waals surface area contributed by atoms with Crippen LogP contribution in [0.25, 0.3) is 0 Å². The smallest absolute Gasteiger partial charge is 0.126 e. The summed E-state index contributed by atoms with van der Waals surface area (Å²) in [5.74, 6) is 0.128. The van der Waals surface area contributed by atoms with Gasteiger partial charge in [-0.25, -0.2) is 0 Å². The van der Waals surface area contributed by atoms with Crippen LogP contribution in [0.2, 0.25) is 0 Å². The lowest BCUT2D eigenvalue weighted by Gasteiger charge is -2.34. The van der Waals surface area contributed by atoms with Crippen LogP contribution >= 0.6 is 11.8 Å². The molecule has 0 aromatic heterocycles. The molecule has 21 heavy (non-hydrogen) atoms. The maximum absolute atomic E-state index is 7.95. The van der Waals surface area contributed by atoms with Gasteiger partial charge >= 0.3 is 0 Å². The summed E-state index contributed by atoms with van der Waals surface area (Å²) in [6, 6.07) is 6.54. The zero-order valence-electron chi connectivity index (χ0n) is 13.5. The van der Waals surface area contributed by atoms with Crippen LogP contribution in [0.4, 0.5) is 5.69 Å². The molecule has 0 atom stereocenters. The standard InChI is InChI=1S/C16H27N3OS/c1-5-12(6-2)19(10-11-20-3)13-8-7-9-14(21-4)15(13)16(17)18/h7-9,12H,5-6,10-11H2,1-4H3,(H3,17,18). The minimum absolute atomic E-state index is 0.128. The van der Waals surface area contributed by atoms with Gasteiger partial charge in [0.1, 0.15) is 5.84 Å². The molecule has 0 saturated heterocycles. The maximum atomic E-state index is 7.95. The fraction of sp³-hybridized carbons (Fsp3) is 0.562. The summed E-state index contributed by atoms with van der Waals surface area (Å²) in [5.41, 5.74) is 7.74. The van der Waals surface area contributed by atoms with Crippen LogP contribution in [0.15, 0.2) is 23.1 Å². The molecule has 0 aliphatic heterocycles. The van der Waals surface area contributed by atoms with E-state index in [9.17, 15) is 0 Å². The Morgan fingerprint density at radius 3 is 2.52 bits per heavy atom. The molecular weight excluding hydrogens is 282 g/mol. The second kappa shape index (κ2) is 8.95. The highest BCUT2D eigenvalue weighted by atomic mass is 32.2. The molecule has 0 aliphatic carbocycles. The summed E-state index contributed by atoms with van der Waals surface area (Å²) >= 11 is 1.63. The quantitative estimate of drug-likeness (QED) is 0.417. The highest BCUT2D eigenvalue weighted by molar-refractivity contribution is 7.98. The van der Waals surface area contributed by atoms with Crippen molar-refractivity contribution in [3.8, 4) is 0 Å². The summed E-state index contributed by atoms with van der Waals surface area (Å²) in [6.45, 7) is 5.86. The average molecular weight is 309 g/mol. The van der Waals surface area contributed by atoms with Gasteiger partial charge in [0, 0.05) is 30.3 Å². The minimum Gasteiger partial charge on any atom is -0.384 e. The van der Waals surface area contributed by atoms with Crippen molar-refractivity contribution in [3.05, 3.63) is 23.8 Å². The fourth-order valence-corrected chi connectivity index (χ4v) is 3.25. The van der Waals surface area contributed by atoms with Gasteiger partial charge in [0.2, 0.25) is 0 Å². The van der Waals surface area contributed by atoms with Crippen molar-refractivity contribution in [1.29, 1.82) is 5.41 Å². The van der Waals surface area contributed by atoms with Gasteiger partial charge in [-0.1, -0.05) is 19.9 Å². The number of benzene rings is 1. The fourth-order valence-electron chi connectivity index (χ4n) is 2.62. The van der Waals surface area contributed by atoms with Crippen LogP contribution in [-0.4, -0.2) is 38.4 Å². The molecular formula is C16H27N3OS. The molecule has 1 rings (SSSR count). The SMILES string of the molecule is CCC(CC)N(CCOC)c1cccc(SC)c1C(=N)N. The number of ether oxygens (including phenoxy) is 1. The molecule has 1 aromatic carbocycles. The highest BCUT2D eigenvalue weighted by Gasteiger charge is 2.21. The van der Waals surface area contributed by atoms with Gasteiger partial charge in [-0.2, -0.15) is 0 Å². The third kappa shape index (κ3) is 4.38. The Balaban J connectivity index is 3.31. The largest absolute Gasteiger partial charge is 0.384 e. The van der Waals surface area contributed by atoms with E-state index >= 15 is 0 Å². The number of nitrogens with one attached hydrogen (secondary N) is 1. The van der Waals surface area contributed by atoms with E-state index in [1.54, 1.807) is 18.9 Å². The van der Waals surface area contributed by atoms with Crippen molar-refractivity contribution < 1.29 is 4.74 Å². The molecule has 0 amide bonds. The number of rotatable bonds is 9. The van der Waals surface area contributed by atoms with Crippen molar-refractivity contribution in [2.24, 2.45) is 5.73 Å². The van der Waals surface area contributed by atoms with Crippen molar-refractivity contribution >= 4 is 23.3 Å². The van der Waals surface area contributed by atoms with E-state index in [2.05, 4.69) is 24.8 Å². The first-order chi connectivity index (χ1) is 10.1. The van der Waals surface area contributed by atoms with Crippen molar-refractivity contribution in [1.82, 2.24) is 0 Å². The number of nitrogen functional groups attached to an aromatic ring is 1. The first-order valence-electron chi connectivity index (χ1n) is 7.37. The van der Waals surface area contributed by atoms with Crippen LogP contribution in [0.5, 0.6) is 0 Å². The monoisotopic (exact) mass is 309 g/mol. The molecule has 3 N–H and O–H groups in total. The summed E-state index contributed by atoms with van der Waals surface area (Å²) in [7, 11) is 1.72. The van der Waals surface area contributed by atoms with E-state index in [0.29, 0.717) is 12.6 Å². The van der Waals surface area contributed by atoms with E-state index in [0.717, 1.165) is 35.5 Å². The number of methoxy groups -OCH3 is 1. The lowest BCUT2D eigenvalue weighted by atomic mass is 10.1. The molecule has 118 valence electrons. The predicted octanol–water partition coefficient (Wildman–Crippen LogP) is 3.33. The van der Waals surface area contributed by atoms with Crippen molar-refractivity contribution in [2.75, 3.05) is 31.4 Å². The highest BCUT2D eigenvalue weighted by Crippen LogP contribution is 2.31. The number of nitrogens with zero attached hydrogens (tertiary/aromatic N) is 1. The number of amidine groups is 1. The van der Waals surface area contributed by atoms with E-state index in [1.807, 2.05) is 18.4 Å². The lowest BCUT2D eigenvalue weighted by Crippen LogP contribution is -2.38. The average Bonchev–Trinajstić information content (AvgIpc) is 2.50. The van der Waals surface area contributed by atoms with Gasteiger partial charge in [0.15, 0.2) is 0 Å². The van der Waals surface area contributed by atoms with E-state index in [4.69, 9.17) is 15.9 Å². The molecule has 5 heteroatoms. The molecule has 0 saturated carbocycles. The second-order valence-corrected chi connectivity index (χ2v) is 5.77.